The van der Waals surface area contributed by atoms with Gasteiger partial charge >= 0.3 is 5.97 Å². The van der Waals surface area contributed by atoms with Crippen molar-refractivity contribution in [1.29, 1.82) is 0 Å². The van der Waals surface area contributed by atoms with Crippen LogP contribution in [0, 0.1) is 0 Å². The third kappa shape index (κ3) is 2.52. The van der Waals surface area contributed by atoms with Crippen molar-refractivity contribution in [3.8, 4) is 0 Å². The highest BCUT2D eigenvalue weighted by atomic mass is 16.4. The summed E-state index contributed by atoms with van der Waals surface area (Å²) >= 11 is 0. The van der Waals surface area contributed by atoms with E-state index in [0.29, 0.717) is 5.92 Å². The largest absolute Gasteiger partial charge is 0.480 e. The fraction of sp³-hybridized carbons (Fsp3) is 0.562. The van der Waals surface area contributed by atoms with Crippen LogP contribution in [0.25, 0.3) is 0 Å². The molecule has 102 valence electrons. The summed E-state index contributed by atoms with van der Waals surface area (Å²) in [5.74, 6) is -0.0194. The van der Waals surface area contributed by atoms with Gasteiger partial charge in [0, 0.05) is 6.04 Å². The molecule has 1 aromatic rings. The Morgan fingerprint density at radius 1 is 1.05 bits per heavy atom. The van der Waals surface area contributed by atoms with E-state index in [2.05, 4.69) is 29.6 Å². The zero-order valence-electron chi connectivity index (χ0n) is 11.1. The maximum Gasteiger partial charge on any atom is 0.320 e. The highest BCUT2D eigenvalue weighted by Crippen LogP contribution is 2.40. The van der Waals surface area contributed by atoms with Crippen LogP contribution in [-0.2, 0) is 4.79 Å². The van der Waals surface area contributed by atoms with E-state index in [9.17, 15) is 9.90 Å². The zero-order valence-corrected chi connectivity index (χ0v) is 11.1. The van der Waals surface area contributed by atoms with Crippen LogP contribution in [0.2, 0.25) is 0 Å². The molecular weight excluding hydrogens is 238 g/mol. The van der Waals surface area contributed by atoms with Crippen LogP contribution in [0.3, 0.4) is 0 Å². The fourth-order valence-electron chi connectivity index (χ4n) is 3.29. The minimum Gasteiger partial charge on any atom is -0.480 e. The van der Waals surface area contributed by atoms with Crippen molar-refractivity contribution in [2.24, 2.45) is 0 Å². The first kappa shape index (κ1) is 12.7. The number of benzene rings is 1. The van der Waals surface area contributed by atoms with E-state index in [1.807, 2.05) is 0 Å². The Hall–Kier alpha value is -1.35. The molecule has 0 amide bonds. The molecule has 3 rings (SSSR count). The highest BCUT2D eigenvalue weighted by molar-refractivity contribution is 5.73. The number of carboxylic acids is 1. The van der Waals surface area contributed by atoms with E-state index in [-0.39, 0.29) is 12.1 Å². The topological polar surface area (TPSA) is 49.3 Å². The molecule has 2 atom stereocenters. The van der Waals surface area contributed by atoms with Crippen molar-refractivity contribution >= 4 is 5.97 Å². The van der Waals surface area contributed by atoms with E-state index >= 15 is 0 Å². The maximum atomic E-state index is 11.2. The lowest BCUT2D eigenvalue weighted by Crippen LogP contribution is -2.42. The molecule has 0 radical (unpaired) electrons. The van der Waals surface area contributed by atoms with Crippen molar-refractivity contribution < 1.29 is 9.90 Å². The Kier molecular flexibility index (Phi) is 3.56. The summed E-state index contributed by atoms with van der Waals surface area (Å²) in [6.45, 7) is 0. The SMILES string of the molecule is O=C(O)C1CCCC(c2ccccc2C2CCC2)N1. The molecule has 2 fully saturated rings. The van der Waals surface area contributed by atoms with Gasteiger partial charge in [0.2, 0.25) is 0 Å². The molecular formula is C16H21NO2. The molecule has 0 bridgehead atoms. The summed E-state index contributed by atoms with van der Waals surface area (Å²) in [7, 11) is 0. The minimum atomic E-state index is -0.717. The molecule has 2 unspecified atom stereocenters. The molecule has 0 aromatic heterocycles. The van der Waals surface area contributed by atoms with Crippen LogP contribution in [0.5, 0.6) is 0 Å². The van der Waals surface area contributed by atoms with Crippen molar-refractivity contribution in [2.75, 3.05) is 0 Å². The van der Waals surface area contributed by atoms with E-state index in [1.165, 1.54) is 30.4 Å². The predicted molar refractivity (Wildman–Crippen MR) is 74.2 cm³/mol. The molecule has 1 saturated carbocycles. The molecule has 1 saturated heterocycles. The third-order valence-electron chi connectivity index (χ3n) is 4.60. The predicted octanol–water partition coefficient (Wildman–Crippen LogP) is 3.22. The second-order valence-corrected chi connectivity index (χ2v) is 5.80. The first-order chi connectivity index (χ1) is 9.25. The lowest BCUT2D eigenvalue weighted by molar-refractivity contribution is -0.140. The minimum absolute atomic E-state index is 0.214. The summed E-state index contributed by atoms with van der Waals surface area (Å²) in [6, 6.07) is 8.42. The van der Waals surface area contributed by atoms with Gasteiger partial charge in [-0.25, -0.2) is 0 Å². The maximum absolute atomic E-state index is 11.2. The van der Waals surface area contributed by atoms with Gasteiger partial charge < -0.3 is 5.11 Å². The monoisotopic (exact) mass is 259 g/mol. The number of rotatable bonds is 3. The summed E-state index contributed by atoms with van der Waals surface area (Å²) in [4.78, 5) is 11.2. The van der Waals surface area contributed by atoms with E-state index < -0.39 is 5.97 Å². The lowest BCUT2D eigenvalue weighted by atomic mass is 9.76. The molecule has 1 aliphatic carbocycles. The van der Waals surface area contributed by atoms with Gasteiger partial charge in [-0.05, 0) is 49.1 Å². The smallest absolute Gasteiger partial charge is 0.320 e. The average molecular weight is 259 g/mol. The molecule has 2 aliphatic rings. The lowest BCUT2D eigenvalue weighted by Gasteiger charge is -2.34. The number of piperidine rings is 1. The quantitative estimate of drug-likeness (QED) is 0.876. The standard InChI is InChI=1S/C16H21NO2/c18-16(19)15-10-4-9-14(17-15)13-8-2-1-7-12(13)11-5-3-6-11/h1-2,7-8,11,14-15,17H,3-6,9-10H2,(H,18,19). The van der Waals surface area contributed by atoms with Gasteiger partial charge in [0.25, 0.3) is 0 Å². The number of hydrogen-bond acceptors (Lipinski definition) is 2. The second kappa shape index (κ2) is 5.33. The van der Waals surface area contributed by atoms with Crippen LogP contribution in [0.15, 0.2) is 24.3 Å². The summed E-state index contributed by atoms with van der Waals surface area (Å²) in [5.41, 5.74) is 2.77. The fourth-order valence-corrected chi connectivity index (χ4v) is 3.29. The van der Waals surface area contributed by atoms with Gasteiger partial charge in [-0.15, -0.1) is 0 Å². The van der Waals surface area contributed by atoms with Gasteiger partial charge in [-0.1, -0.05) is 30.7 Å². The number of nitrogens with one attached hydrogen (secondary N) is 1. The average Bonchev–Trinajstić information content (AvgIpc) is 2.37. The number of hydrogen-bond donors (Lipinski definition) is 2. The first-order valence-corrected chi connectivity index (χ1v) is 7.33. The summed E-state index contributed by atoms with van der Waals surface area (Å²) < 4.78 is 0. The number of carbonyl (C=O) groups is 1. The molecule has 3 heteroatoms. The van der Waals surface area contributed by atoms with Gasteiger partial charge in [0.15, 0.2) is 0 Å². The Bertz CT molecular complexity index is 468. The summed E-state index contributed by atoms with van der Waals surface area (Å²) in [5, 5.41) is 12.5. The normalized spacial score (nSPS) is 27.8. The molecule has 1 heterocycles. The van der Waals surface area contributed by atoms with E-state index in [4.69, 9.17) is 0 Å². The van der Waals surface area contributed by atoms with E-state index in [1.54, 1.807) is 0 Å². The van der Waals surface area contributed by atoms with Crippen molar-refractivity contribution in [2.45, 2.75) is 56.5 Å². The van der Waals surface area contributed by atoms with Crippen molar-refractivity contribution in [1.82, 2.24) is 5.32 Å². The Balaban J connectivity index is 1.82. The number of carboxylic acid groups (broad SMARTS) is 1. The van der Waals surface area contributed by atoms with Crippen molar-refractivity contribution in [3.05, 3.63) is 35.4 Å². The van der Waals surface area contributed by atoms with Crippen LogP contribution in [0.4, 0.5) is 0 Å². The van der Waals surface area contributed by atoms with Crippen LogP contribution < -0.4 is 5.32 Å². The van der Waals surface area contributed by atoms with Crippen LogP contribution >= 0.6 is 0 Å². The zero-order chi connectivity index (χ0) is 13.2. The van der Waals surface area contributed by atoms with Gasteiger partial charge in [0.1, 0.15) is 6.04 Å². The Morgan fingerprint density at radius 2 is 1.74 bits per heavy atom. The second-order valence-electron chi connectivity index (χ2n) is 5.80. The van der Waals surface area contributed by atoms with Gasteiger partial charge in [-0.3, -0.25) is 10.1 Å². The Labute approximate surface area is 114 Å². The molecule has 2 N–H and O–H groups in total. The van der Waals surface area contributed by atoms with Crippen LogP contribution in [-0.4, -0.2) is 17.1 Å². The van der Waals surface area contributed by atoms with E-state index in [0.717, 1.165) is 19.3 Å². The Morgan fingerprint density at radius 3 is 2.37 bits per heavy atom. The highest BCUT2D eigenvalue weighted by Gasteiger charge is 2.30. The molecule has 1 aliphatic heterocycles. The third-order valence-corrected chi connectivity index (χ3v) is 4.60. The molecule has 19 heavy (non-hydrogen) atoms. The van der Waals surface area contributed by atoms with Crippen LogP contribution in [0.1, 0.15) is 61.6 Å². The molecule has 3 nitrogen and oxygen atoms in total. The number of aliphatic carboxylic acids is 1. The molecule has 1 aromatic carbocycles. The van der Waals surface area contributed by atoms with Crippen molar-refractivity contribution in [3.63, 3.8) is 0 Å². The first-order valence-electron chi connectivity index (χ1n) is 7.33. The van der Waals surface area contributed by atoms with Gasteiger partial charge in [0.05, 0.1) is 0 Å². The summed E-state index contributed by atoms with van der Waals surface area (Å²) in [6.07, 6.45) is 6.69. The molecule has 0 spiro atoms. The van der Waals surface area contributed by atoms with Gasteiger partial charge in [-0.2, -0.15) is 0 Å².